The maximum atomic E-state index is 12.6. The molecule has 0 saturated carbocycles. The lowest BCUT2D eigenvalue weighted by Crippen LogP contribution is -2.13. The zero-order valence-corrected chi connectivity index (χ0v) is 16.5. The van der Waals surface area contributed by atoms with Crippen LogP contribution in [0.25, 0.3) is 11.3 Å². The summed E-state index contributed by atoms with van der Waals surface area (Å²) in [6.07, 6.45) is 0.967. The van der Waals surface area contributed by atoms with Gasteiger partial charge in [0, 0.05) is 16.8 Å². The number of hydrogen-bond acceptors (Lipinski definition) is 4. The topological polar surface area (TPSA) is 71.7 Å². The lowest BCUT2D eigenvalue weighted by molar-refractivity contribution is 0.102. The number of rotatable bonds is 7. The number of carbonyl (C=O) groups excluding carboxylic acids is 1. The average molecular weight is 400 g/mol. The first-order valence-corrected chi connectivity index (χ1v) is 9.45. The third-order valence-corrected chi connectivity index (χ3v) is 4.63. The fourth-order valence-corrected chi connectivity index (χ4v) is 2.90. The zero-order chi connectivity index (χ0) is 20.1. The Balaban J connectivity index is 1.74. The zero-order valence-electron chi connectivity index (χ0n) is 15.7. The van der Waals surface area contributed by atoms with E-state index in [2.05, 4.69) is 5.32 Å². The maximum absolute atomic E-state index is 12.6. The highest BCUT2D eigenvalue weighted by Gasteiger charge is 2.12. The molecule has 0 radical (unpaired) electrons. The third kappa shape index (κ3) is 4.74. The molecule has 0 spiro atoms. The van der Waals surface area contributed by atoms with E-state index < -0.39 is 0 Å². The summed E-state index contributed by atoms with van der Waals surface area (Å²) in [5, 5.41) is 12.4. The van der Waals surface area contributed by atoms with Crippen LogP contribution in [0.3, 0.4) is 0 Å². The fourth-order valence-electron chi connectivity index (χ4n) is 2.63. The van der Waals surface area contributed by atoms with Gasteiger partial charge < -0.3 is 19.6 Å². The molecule has 0 aliphatic rings. The number of nitrogens with one attached hydrogen (secondary N) is 1. The Kier molecular flexibility index (Phi) is 6.39. The van der Waals surface area contributed by atoms with E-state index in [1.165, 1.54) is 0 Å². The minimum Gasteiger partial charge on any atom is -0.491 e. The molecule has 1 heterocycles. The number of ether oxygens (including phenoxy) is 1. The molecule has 5 nitrogen and oxygen atoms in total. The predicted octanol–water partition coefficient (Wildman–Crippen LogP) is 5.52. The highest BCUT2D eigenvalue weighted by molar-refractivity contribution is 6.33. The van der Waals surface area contributed by atoms with Crippen LogP contribution >= 0.6 is 11.6 Å². The number of benzene rings is 2. The predicted molar refractivity (Wildman–Crippen MR) is 110 cm³/mol. The third-order valence-electron chi connectivity index (χ3n) is 4.32. The fraction of sp³-hybridized carbons (Fsp3) is 0.227. The van der Waals surface area contributed by atoms with E-state index in [0.29, 0.717) is 39.1 Å². The van der Waals surface area contributed by atoms with Crippen molar-refractivity contribution in [2.75, 3.05) is 5.32 Å². The summed E-state index contributed by atoms with van der Waals surface area (Å²) < 4.78 is 11.3. The van der Waals surface area contributed by atoms with Crippen LogP contribution < -0.4 is 10.1 Å². The Morgan fingerprint density at radius 2 is 2.04 bits per heavy atom. The number of aliphatic hydroxyl groups is 1. The molecule has 1 aromatic heterocycles. The summed E-state index contributed by atoms with van der Waals surface area (Å²) in [4.78, 5) is 12.6. The van der Waals surface area contributed by atoms with Gasteiger partial charge in [0.2, 0.25) is 0 Å². The van der Waals surface area contributed by atoms with Gasteiger partial charge in [-0.1, -0.05) is 24.6 Å². The number of amides is 1. The second-order valence-corrected chi connectivity index (χ2v) is 6.84. The van der Waals surface area contributed by atoms with Crippen molar-refractivity contribution in [3.63, 3.8) is 0 Å². The van der Waals surface area contributed by atoms with E-state index in [9.17, 15) is 4.79 Å². The number of carbonyl (C=O) groups is 1. The summed E-state index contributed by atoms with van der Waals surface area (Å²) in [5.41, 5.74) is 1.75. The number of anilines is 1. The van der Waals surface area contributed by atoms with Crippen molar-refractivity contribution in [2.45, 2.75) is 33.0 Å². The molecule has 0 unspecified atom stereocenters. The van der Waals surface area contributed by atoms with Crippen LogP contribution in [-0.2, 0) is 6.61 Å². The van der Waals surface area contributed by atoms with Crippen molar-refractivity contribution in [2.24, 2.45) is 0 Å². The van der Waals surface area contributed by atoms with Gasteiger partial charge in [-0.25, -0.2) is 0 Å². The first kappa shape index (κ1) is 20.0. The number of aliphatic hydroxyl groups excluding tert-OH is 1. The lowest BCUT2D eigenvalue weighted by Gasteiger charge is -2.13. The van der Waals surface area contributed by atoms with E-state index in [1.807, 2.05) is 19.9 Å². The lowest BCUT2D eigenvalue weighted by atomic mass is 10.1. The van der Waals surface area contributed by atoms with Crippen LogP contribution in [0.1, 0.15) is 36.4 Å². The van der Waals surface area contributed by atoms with Gasteiger partial charge in [-0.3, -0.25) is 4.79 Å². The molecule has 0 aliphatic heterocycles. The normalized spacial score (nSPS) is 11.9. The van der Waals surface area contributed by atoms with Gasteiger partial charge in [0.1, 0.15) is 23.9 Å². The molecule has 0 saturated heterocycles. The molecule has 0 fully saturated rings. The summed E-state index contributed by atoms with van der Waals surface area (Å²) >= 11 is 6.35. The Morgan fingerprint density at radius 1 is 1.21 bits per heavy atom. The van der Waals surface area contributed by atoms with Gasteiger partial charge in [0.05, 0.1) is 11.1 Å². The number of hydrogen-bond donors (Lipinski definition) is 2. The van der Waals surface area contributed by atoms with Crippen molar-refractivity contribution in [1.29, 1.82) is 0 Å². The van der Waals surface area contributed by atoms with Crippen LogP contribution in [0.15, 0.2) is 59.0 Å². The van der Waals surface area contributed by atoms with Gasteiger partial charge in [-0.15, -0.1) is 0 Å². The first-order chi connectivity index (χ1) is 13.5. The van der Waals surface area contributed by atoms with Crippen molar-refractivity contribution in [1.82, 2.24) is 0 Å². The smallest absolute Gasteiger partial charge is 0.255 e. The van der Waals surface area contributed by atoms with Gasteiger partial charge in [0.25, 0.3) is 5.91 Å². The molecule has 1 atom stereocenters. The standard InChI is InChI=1S/C22H22ClNO4/c1-3-14(2)27-17-6-4-5-15(11-17)22(26)24-16-7-9-19(20(23)12-16)21-10-8-18(13-25)28-21/h4-12,14,25H,3,13H2,1-2H3,(H,24,26)/t14-/m0/s1. The Hall–Kier alpha value is -2.76. The molecular weight excluding hydrogens is 378 g/mol. The molecule has 3 rings (SSSR count). The van der Waals surface area contributed by atoms with E-state index in [-0.39, 0.29) is 18.6 Å². The molecule has 6 heteroatoms. The van der Waals surface area contributed by atoms with E-state index in [1.54, 1.807) is 48.5 Å². The van der Waals surface area contributed by atoms with E-state index in [4.69, 9.17) is 25.9 Å². The monoisotopic (exact) mass is 399 g/mol. The van der Waals surface area contributed by atoms with Crippen LogP contribution in [0, 0.1) is 0 Å². The summed E-state index contributed by atoms with van der Waals surface area (Å²) in [6.45, 7) is 3.85. The van der Waals surface area contributed by atoms with Crippen molar-refractivity contribution in [3.8, 4) is 17.1 Å². The first-order valence-electron chi connectivity index (χ1n) is 9.07. The van der Waals surface area contributed by atoms with Crippen LogP contribution in [-0.4, -0.2) is 17.1 Å². The molecule has 0 aliphatic carbocycles. The van der Waals surface area contributed by atoms with Gasteiger partial charge in [-0.05, 0) is 61.9 Å². The second kappa shape index (κ2) is 8.95. The molecule has 0 bridgehead atoms. The quantitative estimate of drug-likeness (QED) is 0.548. The summed E-state index contributed by atoms with van der Waals surface area (Å²) in [6, 6.07) is 15.7. The van der Waals surface area contributed by atoms with Crippen molar-refractivity contribution >= 4 is 23.2 Å². The maximum Gasteiger partial charge on any atom is 0.255 e. The Morgan fingerprint density at radius 3 is 2.71 bits per heavy atom. The Labute approximate surface area is 168 Å². The number of halogens is 1. The van der Waals surface area contributed by atoms with Crippen LogP contribution in [0.4, 0.5) is 5.69 Å². The van der Waals surface area contributed by atoms with Crippen molar-refractivity contribution < 1.29 is 19.1 Å². The molecule has 28 heavy (non-hydrogen) atoms. The highest BCUT2D eigenvalue weighted by atomic mass is 35.5. The van der Waals surface area contributed by atoms with Gasteiger partial charge in [-0.2, -0.15) is 0 Å². The molecule has 3 aromatic rings. The van der Waals surface area contributed by atoms with Gasteiger partial charge in [0.15, 0.2) is 0 Å². The molecular formula is C22H22ClNO4. The average Bonchev–Trinajstić information content (AvgIpc) is 3.17. The largest absolute Gasteiger partial charge is 0.491 e. The molecule has 1 amide bonds. The highest BCUT2D eigenvalue weighted by Crippen LogP contribution is 2.32. The van der Waals surface area contributed by atoms with Gasteiger partial charge >= 0.3 is 0 Å². The molecule has 2 aromatic carbocycles. The molecule has 146 valence electrons. The summed E-state index contributed by atoms with van der Waals surface area (Å²) in [5.74, 6) is 1.43. The Bertz CT molecular complexity index is 967. The van der Waals surface area contributed by atoms with Crippen LogP contribution in [0.2, 0.25) is 5.02 Å². The van der Waals surface area contributed by atoms with E-state index >= 15 is 0 Å². The summed E-state index contributed by atoms with van der Waals surface area (Å²) in [7, 11) is 0. The second-order valence-electron chi connectivity index (χ2n) is 6.44. The van der Waals surface area contributed by atoms with Crippen molar-refractivity contribution in [3.05, 3.63) is 70.9 Å². The molecule has 2 N–H and O–H groups in total. The van der Waals surface area contributed by atoms with E-state index in [0.717, 1.165) is 6.42 Å². The SMILES string of the molecule is CC[C@H](C)Oc1cccc(C(=O)Nc2ccc(-c3ccc(CO)o3)c(Cl)c2)c1. The minimum absolute atomic E-state index is 0.0811. The number of furan rings is 1. The van der Waals surface area contributed by atoms with Crippen LogP contribution in [0.5, 0.6) is 5.75 Å². The minimum atomic E-state index is -0.251.